The molecule has 3 aromatic heterocycles. The Morgan fingerprint density at radius 3 is 2.29 bits per heavy atom. The van der Waals surface area contributed by atoms with Crippen LogP contribution in [0.4, 0.5) is 32.7 Å². The first kappa shape index (κ1) is 30.8. The van der Waals surface area contributed by atoms with E-state index in [1.807, 2.05) is 36.6 Å². The van der Waals surface area contributed by atoms with E-state index in [-0.39, 0.29) is 17.2 Å². The second kappa shape index (κ2) is 13.3. The number of nitrogens with one attached hydrogen (secondary N) is 4. The summed E-state index contributed by atoms with van der Waals surface area (Å²) in [5, 5.41) is 14.2. The Bertz CT molecular complexity index is 1830. The molecule has 45 heavy (non-hydrogen) atoms. The number of nitrogens with zero attached hydrogens (tertiary/aromatic N) is 3. The highest BCUT2D eigenvalue weighted by Crippen LogP contribution is 2.29. The third kappa shape index (κ3) is 8.27. The lowest BCUT2D eigenvalue weighted by Crippen LogP contribution is -2.27. The van der Waals surface area contributed by atoms with Gasteiger partial charge in [0.1, 0.15) is 11.3 Å². The normalized spacial score (nSPS) is 10.9. The lowest BCUT2D eigenvalue weighted by Gasteiger charge is -2.20. The number of aryl methyl sites for hydroxylation is 1. The summed E-state index contributed by atoms with van der Waals surface area (Å²) in [6.45, 7) is 7.24. The quantitative estimate of drug-likeness (QED) is 0.139. The zero-order valence-electron chi connectivity index (χ0n) is 25.0. The summed E-state index contributed by atoms with van der Waals surface area (Å²) in [5.74, 6) is -0.896. The van der Waals surface area contributed by atoms with Gasteiger partial charge in [0, 0.05) is 40.9 Å². The summed E-state index contributed by atoms with van der Waals surface area (Å²) < 4.78 is 5.30. The SMILES string of the molecule is Cc1ccc(NC(=O)c2ccc(C(=O)Nc3ccccc3NC(=O)OC(C)(C)C)nc2)cc1Nc1nc(-c2cccnc2)cs1. The molecule has 11 nitrogen and oxygen atoms in total. The minimum absolute atomic E-state index is 0.0922. The standard InChI is InChI=1S/C33H31N7O4S/c1-20-11-13-23(16-27(20)38-31-39-28(19-45-31)21-8-7-15-34-17-21)36-29(41)22-12-14-26(35-18-22)30(42)37-24-9-5-6-10-25(24)40-32(43)44-33(2,3)4/h5-19H,1-4H3,(H,36,41)(H,37,42)(H,38,39)(H,40,43). The third-order valence-electron chi connectivity index (χ3n) is 6.27. The average molecular weight is 622 g/mol. The van der Waals surface area contributed by atoms with Crippen molar-refractivity contribution in [2.75, 3.05) is 21.3 Å². The van der Waals surface area contributed by atoms with Crippen molar-refractivity contribution in [1.82, 2.24) is 15.0 Å². The van der Waals surface area contributed by atoms with E-state index in [0.717, 1.165) is 22.5 Å². The van der Waals surface area contributed by atoms with Crippen LogP contribution in [0.1, 0.15) is 47.2 Å². The number of hydrogen-bond acceptors (Lipinski definition) is 9. The monoisotopic (exact) mass is 621 g/mol. The Hall–Kier alpha value is -5.62. The van der Waals surface area contributed by atoms with E-state index < -0.39 is 17.6 Å². The molecule has 12 heteroatoms. The van der Waals surface area contributed by atoms with Crippen molar-refractivity contribution in [3.05, 3.63) is 108 Å². The molecule has 0 saturated heterocycles. The molecule has 0 aliphatic heterocycles. The number of benzene rings is 2. The van der Waals surface area contributed by atoms with Crippen LogP contribution in [0.25, 0.3) is 11.3 Å². The smallest absolute Gasteiger partial charge is 0.412 e. The number of carbonyl (C=O) groups is 3. The second-order valence-corrected chi connectivity index (χ2v) is 11.8. The fourth-order valence-corrected chi connectivity index (χ4v) is 4.83. The lowest BCUT2D eigenvalue weighted by atomic mass is 10.1. The van der Waals surface area contributed by atoms with Crippen molar-refractivity contribution < 1.29 is 19.1 Å². The van der Waals surface area contributed by atoms with Crippen molar-refractivity contribution in [3.63, 3.8) is 0 Å². The van der Waals surface area contributed by atoms with Gasteiger partial charge in [-0.15, -0.1) is 11.3 Å². The maximum atomic E-state index is 13.0. The molecule has 0 spiro atoms. The summed E-state index contributed by atoms with van der Waals surface area (Å²) in [5.41, 5.74) is 4.53. The molecule has 0 aliphatic carbocycles. The third-order valence-corrected chi connectivity index (χ3v) is 7.03. The average Bonchev–Trinajstić information content (AvgIpc) is 3.48. The van der Waals surface area contributed by atoms with Crippen molar-refractivity contribution in [2.24, 2.45) is 0 Å². The first-order chi connectivity index (χ1) is 21.5. The van der Waals surface area contributed by atoms with Crippen LogP contribution in [0.15, 0.2) is 90.7 Å². The Morgan fingerprint density at radius 2 is 1.60 bits per heavy atom. The van der Waals surface area contributed by atoms with Crippen molar-refractivity contribution in [1.29, 1.82) is 0 Å². The van der Waals surface area contributed by atoms with Crippen LogP contribution in [-0.4, -0.2) is 38.5 Å². The summed E-state index contributed by atoms with van der Waals surface area (Å²) in [6, 6.07) is 19.1. The number of rotatable bonds is 8. The second-order valence-electron chi connectivity index (χ2n) is 10.9. The van der Waals surface area contributed by atoms with Crippen molar-refractivity contribution >= 4 is 57.1 Å². The molecule has 3 heterocycles. The molecule has 0 unspecified atom stereocenters. The molecule has 4 N–H and O–H groups in total. The number of thiazole rings is 1. The highest BCUT2D eigenvalue weighted by molar-refractivity contribution is 7.14. The van der Waals surface area contributed by atoms with E-state index in [1.54, 1.807) is 63.5 Å². The van der Waals surface area contributed by atoms with Gasteiger partial charge in [-0.3, -0.25) is 24.9 Å². The highest BCUT2D eigenvalue weighted by Gasteiger charge is 2.18. The fraction of sp³-hybridized carbons (Fsp3) is 0.152. The van der Waals surface area contributed by atoms with Gasteiger partial charge in [-0.05, 0) is 81.8 Å². The van der Waals surface area contributed by atoms with Gasteiger partial charge in [-0.1, -0.05) is 18.2 Å². The Labute approximate surface area is 264 Å². The molecular formula is C33H31N7O4S. The number of carbonyl (C=O) groups excluding carboxylic acids is 3. The van der Waals surface area contributed by atoms with E-state index in [1.165, 1.54) is 29.7 Å². The van der Waals surface area contributed by atoms with E-state index in [4.69, 9.17) is 4.74 Å². The molecule has 5 rings (SSSR count). The minimum atomic E-state index is -0.675. The number of anilines is 5. The molecule has 0 radical (unpaired) electrons. The molecular weight excluding hydrogens is 590 g/mol. The molecule has 228 valence electrons. The molecule has 0 bridgehead atoms. The Kier molecular flexibility index (Phi) is 9.14. The molecule has 0 saturated carbocycles. The Morgan fingerprint density at radius 1 is 0.822 bits per heavy atom. The highest BCUT2D eigenvalue weighted by atomic mass is 32.1. The molecule has 2 aromatic carbocycles. The van der Waals surface area contributed by atoms with E-state index in [9.17, 15) is 14.4 Å². The number of pyridine rings is 2. The van der Waals surface area contributed by atoms with Crippen LogP contribution >= 0.6 is 11.3 Å². The summed E-state index contributed by atoms with van der Waals surface area (Å²) in [7, 11) is 0. The maximum absolute atomic E-state index is 13.0. The van der Waals surface area contributed by atoms with Crippen LogP contribution in [0.3, 0.4) is 0 Å². The van der Waals surface area contributed by atoms with E-state index in [0.29, 0.717) is 22.2 Å². The van der Waals surface area contributed by atoms with Crippen molar-refractivity contribution in [2.45, 2.75) is 33.3 Å². The molecule has 0 fully saturated rings. The predicted octanol–water partition coefficient (Wildman–Crippen LogP) is 7.50. The number of amides is 3. The summed E-state index contributed by atoms with van der Waals surface area (Å²) >= 11 is 1.47. The zero-order valence-corrected chi connectivity index (χ0v) is 25.9. The zero-order chi connectivity index (χ0) is 32.0. The first-order valence-electron chi connectivity index (χ1n) is 14.0. The number of ether oxygens (including phenoxy) is 1. The Balaban J connectivity index is 1.21. The first-order valence-corrected chi connectivity index (χ1v) is 14.8. The molecule has 0 aliphatic rings. The van der Waals surface area contributed by atoms with E-state index in [2.05, 4.69) is 36.2 Å². The van der Waals surface area contributed by atoms with Gasteiger partial charge in [0.15, 0.2) is 5.13 Å². The maximum Gasteiger partial charge on any atom is 0.412 e. The molecule has 3 amide bonds. The number of aromatic nitrogens is 3. The minimum Gasteiger partial charge on any atom is -0.444 e. The van der Waals surface area contributed by atoms with Crippen LogP contribution in [-0.2, 0) is 4.74 Å². The number of para-hydroxylation sites is 2. The van der Waals surface area contributed by atoms with Gasteiger partial charge in [-0.25, -0.2) is 9.78 Å². The summed E-state index contributed by atoms with van der Waals surface area (Å²) in [4.78, 5) is 51.1. The molecule has 0 atom stereocenters. The van der Waals surface area contributed by atoms with Gasteiger partial charge in [-0.2, -0.15) is 0 Å². The van der Waals surface area contributed by atoms with E-state index >= 15 is 0 Å². The molecule has 5 aromatic rings. The fourth-order valence-electron chi connectivity index (χ4n) is 4.09. The van der Waals surface area contributed by atoms with Crippen LogP contribution in [0, 0.1) is 6.92 Å². The predicted molar refractivity (Wildman–Crippen MR) is 176 cm³/mol. The topological polar surface area (TPSA) is 147 Å². The van der Waals surface area contributed by atoms with Crippen LogP contribution in [0.2, 0.25) is 0 Å². The van der Waals surface area contributed by atoms with Crippen LogP contribution in [0.5, 0.6) is 0 Å². The largest absolute Gasteiger partial charge is 0.444 e. The van der Waals surface area contributed by atoms with Gasteiger partial charge in [0.2, 0.25) is 0 Å². The lowest BCUT2D eigenvalue weighted by molar-refractivity contribution is 0.0635. The van der Waals surface area contributed by atoms with Crippen LogP contribution < -0.4 is 21.3 Å². The summed E-state index contributed by atoms with van der Waals surface area (Å²) in [6.07, 6.45) is 4.17. The van der Waals surface area contributed by atoms with Crippen molar-refractivity contribution in [3.8, 4) is 11.3 Å². The number of hydrogen-bond donors (Lipinski definition) is 4. The van der Waals surface area contributed by atoms with Gasteiger partial charge in [0.05, 0.1) is 22.6 Å². The van der Waals surface area contributed by atoms with Gasteiger partial charge in [0.25, 0.3) is 11.8 Å². The van der Waals surface area contributed by atoms with Gasteiger partial charge >= 0.3 is 6.09 Å². The van der Waals surface area contributed by atoms with Gasteiger partial charge < -0.3 is 20.7 Å².